The quantitative estimate of drug-likeness (QED) is 0.534. The van der Waals surface area contributed by atoms with Crippen LogP contribution in [-0.4, -0.2) is 17.4 Å². The molecule has 0 N–H and O–H groups in total. The summed E-state index contributed by atoms with van der Waals surface area (Å²) in [6.07, 6.45) is 0. The van der Waals surface area contributed by atoms with Crippen LogP contribution >= 0.6 is 0 Å². The van der Waals surface area contributed by atoms with Gasteiger partial charge in [0.25, 0.3) is 0 Å². The first-order valence-corrected chi connectivity index (χ1v) is 0. The fourth-order valence-electron chi connectivity index (χ4n) is 0. The monoisotopic (exact) mass is 315 g/mol. The van der Waals surface area contributed by atoms with E-state index in [0.29, 0.717) is 0 Å². The van der Waals surface area contributed by atoms with Gasteiger partial charge in [-0.2, -0.15) is 0 Å². The topological polar surface area (TPSA) is 0 Å². The predicted octanol–water partition coefficient (Wildman–Crippen LogP) is -0.396. The molecule has 0 bridgehead atoms. The summed E-state index contributed by atoms with van der Waals surface area (Å²) < 4.78 is 0. The smallest absolute Gasteiger partial charge is 0 e. The molecule has 0 saturated carbocycles. The number of rotatable bonds is 0. The van der Waals surface area contributed by atoms with Crippen LogP contribution in [0.5, 0.6) is 0 Å². The molecule has 3 radical (unpaired) electrons. The molecule has 0 spiro atoms. The van der Waals surface area contributed by atoms with E-state index in [9.17, 15) is 0 Å². The normalized spacial score (nSPS) is 0. The van der Waals surface area contributed by atoms with Crippen molar-refractivity contribution >= 4 is 17.4 Å². The average Bonchev–Trinajstić information content (AvgIpc) is 0. The molecule has 0 unspecified atom stereocenters. The molecule has 0 heterocycles. The molecular weight excluding hydrogens is 314 g/mol. The first-order valence-electron chi connectivity index (χ1n) is 0. The van der Waals surface area contributed by atoms with Crippen molar-refractivity contribution in [3.8, 4) is 0 Å². The maximum atomic E-state index is 0. The summed E-state index contributed by atoms with van der Waals surface area (Å²) in [5.74, 6) is 0. The van der Waals surface area contributed by atoms with Gasteiger partial charge in [-0.05, 0) is 0 Å². The minimum absolute atomic E-state index is 0. The summed E-state index contributed by atoms with van der Waals surface area (Å²) in [5, 5.41) is 0. The molecule has 0 aromatic carbocycles. The Morgan fingerprint density at radius 3 is 0.286 bits per heavy atom. The van der Waals surface area contributed by atoms with Crippen LogP contribution in [0.3, 0.4) is 0 Å². The molecule has 0 nitrogen and oxygen atoms in total. The fraction of sp³-hybridized carbons (Fsp3) is 0. The minimum Gasteiger partial charge on any atom is 0 e. The summed E-state index contributed by atoms with van der Waals surface area (Å²) in [6, 6.07) is 0. The Hall–Kier alpha value is 4.82. The molecule has 7 heavy (non-hydrogen) atoms. The van der Waals surface area contributed by atoms with Gasteiger partial charge in [-0.1, -0.05) is 0 Å². The molecule has 0 aromatic rings. The second-order valence-corrected chi connectivity index (χ2v) is 0. The van der Waals surface area contributed by atoms with Crippen LogP contribution in [0.15, 0.2) is 0 Å². The third-order valence-electron chi connectivity index (χ3n) is 0. The van der Waals surface area contributed by atoms with Gasteiger partial charge in [0.15, 0.2) is 0 Å². The van der Waals surface area contributed by atoms with E-state index in [1.165, 1.54) is 0 Å². The second-order valence-electron chi connectivity index (χ2n) is 0. The minimum atomic E-state index is 0. The van der Waals surface area contributed by atoms with Crippen molar-refractivity contribution in [1.29, 1.82) is 0 Å². The standard InChI is InChI=1S/Al.6Ti. The van der Waals surface area contributed by atoms with Crippen molar-refractivity contribution in [1.82, 2.24) is 0 Å². The van der Waals surface area contributed by atoms with Crippen molar-refractivity contribution in [2.24, 2.45) is 0 Å². The average molecular weight is 314 g/mol. The molecule has 0 aliphatic heterocycles. The second kappa shape index (κ2) is 44.9. The van der Waals surface area contributed by atoms with Crippen molar-refractivity contribution in [2.75, 3.05) is 0 Å². The van der Waals surface area contributed by atoms with Gasteiger partial charge in [0.1, 0.15) is 0 Å². The Morgan fingerprint density at radius 1 is 0.286 bits per heavy atom. The first kappa shape index (κ1) is 59.6. The molecule has 0 amide bonds. The predicted molar refractivity (Wildman–Crippen MR) is 5.75 cm³/mol. The number of hydrogen-bond donors (Lipinski definition) is 0. The van der Waals surface area contributed by atoms with Crippen LogP contribution < -0.4 is 0 Å². The van der Waals surface area contributed by atoms with Crippen molar-refractivity contribution < 1.29 is 130 Å². The van der Waals surface area contributed by atoms with Gasteiger partial charge in [0.2, 0.25) is 0 Å². The summed E-state index contributed by atoms with van der Waals surface area (Å²) in [6.45, 7) is 0. The molecule has 7 heteroatoms. The maximum absolute atomic E-state index is 0. The van der Waals surface area contributed by atoms with Crippen LogP contribution in [0.2, 0.25) is 0 Å². The molecule has 0 rings (SSSR count). The Balaban J connectivity index is 0. The molecular formula is AlTi6. The van der Waals surface area contributed by atoms with Gasteiger partial charge in [-0.3, -0.25) is 0 Å². The van der Waals surface area contributed by atoms with Gasteiger partial charge >= 0.3 is 0 Å². The van der Waals surface area contributed by atoms with E-state index in [1.54, 1.807) is 0 Å². The van der Waals surface area contributed by atoms with E-state index in [2.05, 4.69) is 0 Å². The zero-order chi connectivity index (χ0) is 0. The molecule has 0 fully saturated rings. The Labute approximate surface area is 144 Å². The zero-order valence-corrected chi connectivity index (χ0v) is 14.1. The third kappa shape index (κ3) is 36.2. The largest absolute Gasteiger partial charge is 0 e. The molecule has 0 atom stereocenters. The zero-order valence-electron chi connectivity index (χ0n) is 3.58. The van der Waals surface area contributed by atoms with E-state index in [1.807, 2.05) is 0 Å². The molecule has 0 saturated heterocycles. The summed E-state index contributed by atoms with van der Waals surface area (Å²) >= 11 is 0. The van der Waals surface area contributed by atoms with E-state index in [4.69, 9.17) is 0 Å². The van der Waals surface area contributed by atoms with Gasteiger partial charge in [-0.15, -0.1) is 0 Å². The van der Waals surface area contributed by atoms with Crippen LogP contribution in [0.25, 0.3) is 0 Å². The van der Waals surface area contributed by atoms with Crippen LogP contribution in [0, 0.1) is 0 Å². The van der Waals surface area contributed by atoms with Gasteiger partial charge in [0, 0.05) is 148 Å². The number of hydrogen-bond acceptors (Lipinski definition) is 0. The van der Waals surface area contributed by atoms with Crippen LogP contribution in [-0.2, 0) is 130 Å². The van der Waals surface area contributed by atoms with Crippen LogP contribution in [0.1, 0.15) is 0 Å². The molecule has 0 aliphatic carbocycles. The summed E-state index contributed by atoms with van der Waals surface area (Å²) in [4.78, 5) is 0. The third-order valence-corrected chi connectivity index (χ3v) is 0. The van der Waals surface area contributed by atoms with Gasteiger partial charge in [-0.25, -0.2) is 0 Å². The van der Waals surface area contributed by atoms with E-state index in [0.717, 1.165) is 0 Å². The van der Waals surface area contributed by atoms with E-state index < -0.39 is 0 Å². The molecule has 27 valence electrons. The van der Waals surface area contributed by atoms with Crippen LogP contribution in [0.4, 0.5) is 0 Å². The van der Waals surface area contributed by atoms with Gasteiger partial charge < -0.3 is 0 Å². The SMILES string of the molecule is [Al].[Ti].[Ti].[Ti].[Ti].[Ti].[Ti]. The molecule has 0 aromatic heterocycles. The Bertz CT molecular complexity index is 4.14. The Morgan fingerprint density at radius 2 is 0.286 bits per heavy atom. The van der Waals surface area contributed by atoms with Crippen molar-refractivity contribution in [3.63, 3.8) is 0 Å². The molecule has 0 aliphatic rings. The van der Waals surface area contributed by atoms with Gasteiger partial charge in [0.05, 0.1) is 0 Å². The van der Waals surface area contributed by atoms with Crippen molar-refractivity contribution in [3.05, 3.63) is 0 Å². The summed E-state index contributed by atoms with van der Waals surface area (Å²) in [7, 11) is 0. The van der Waals surface area contributed by atoms with E-state index in [-0.39, 0.29) is 148 Å². The fourth-order valence-corrected chi connectivity index (χ4v) is 0. The summed E-state index contributed by atoms with van der Waals surface area (Å²) in [5.41, 5.74) is 0. The van der Waals surface area contributed by atoms with E-state index >= 15 is 0 Å². The Kier molecular flexibility index (Phi) is 382. The first-order chi connectivity index (χ1) is 0. The maximum Gasteiger partial charge on any atom is 0 e. The van der Waals surface area contributed by atoms with Crippen molar-refractivity contribution in [2.45, 2.75) is 0 Å².